The molecule has 1 saturated heterocycles. The van der Waals surface area contributed by atoms with Gasteiger partial charge in [0.15, 0.2) is 5.03 Å². The van der Waals surface area contributed by atoms with Crippen LogP contribution in [0.1, 0.15) is 48.9 Å². The molecular weight excluding hydrogens is 533 g/mol. The molecule has 1 atom stereocenters. The zero-order valence-corrected chi connectivity index (χ0v) is 24.4. The van der Waals surface area contributed by atoms with E-state index in [1.165, 1.54) is 36.3 Å². The fourth-order valence-corrected chi connectivity index (χ4v) is 8.77. The quantitative estimate of drug-likeness (QED) is 0.298. The minimum absolute atomic E-state index is 0.0736. The Morgan fingerprint density at radius 2 is 1.85 bits per heavy atom. The maximum absolute atomic E-state index is 13.6. The number of rotatable bonds is 6. The summed E-state index contributed by atoms with van der Waals surface area (Å²) in [5.74, 6) is 0.338. The van der Waals surface area contributed by atoms with Gasteiger partial charge in [0, 0.05) is 43.0 Å². The van der Waals surface area contributed by atoms with Crippen LogP contribution < -0.4 is 0 Å². The number of benzene rings is 2. The van der Waals surface area contributed by atoms with E-state index in [0.29, 0.717) is 31.0 Å². The van der Waals surface area contributed by atoms with Crippen LogP contribution in [-0.4, -0.2) is 58.6 Å². The molecule has 0 bridgehead atoms. The Morgan fingerprint density at radius 3 is 2.51 bits per heavy atom. The van der Waals surface area contributed by atoms with Crippen LogP contribution in [0.5, 0.6) is 0 Å². The van der Waals surface area contributed by atoms with Crippen LogP contribution in [0.15, 0.2) is 53.0 Å². The van der Waals surface area contributed by atoms with Gasteiger partial charge in [-0.1, -0.05) is 13.8 Å². The normalized spacial score (nSPS) is 20.9. The van der Waals surface area contributed by atoms with Gasteiger partial charge >= 0.3 is 0 Å². The molecule has 0 radical (unpaired) electrons. The van der Waals surface area contributed by atoms with Crippen molar-refractivity contribution < 1.29 is 12.8 Å². The highest BCUT2D eigenvalue weighted by atomic mass is 32.2. The van der Waals surface area contributed by atoms with Crippen LogP contribution >= 0.6 is 11.3 Å². The van der Waals surface area contributed by atoms with Gasteiger partial charge in [0.2, 0.25) is 0 Å². The van der Waals surface area contributed by atoms with E-state index in [1.54, 1.807) is 21.8 Å². The lowest BCUT2D eigenvalue weighted by Gasteiger charge is -2.48. The number of aryl methyl sites for hydroxylation is 2. The molecule has 0 N–H and O–H groups in total. The number of hydrogen-bond donors (Lipinski definition) is 0. The Bertz CT molecular complexity index is 1620. The van der Waals surface area contributed by atoms with Crippen molar-refractivity contribution in [2.75, 3.05) is 26.2 Å². The summed E-state index contributed by atoms with van der Waals surface area (Å²) in [5.41, 5.74) is 4.32. The van der Waals surface area contributed by atoms with E-state index in [4.69, 9.17) is 0 Å². The molecule has 1 saturated carbocycles. The molecule has 0 amide bonds. The maximum atomic E-state index is 13.6. The van der Waals surface area contributed by atoms with E-state index >= 15 is 0 Å². The Morgan fingerprint density at radius 1 is 1.10 bits per heavy atom. The van der Waals surface area contributed by atoms with Gasteiger partial charge in [-0.3, -0.25) is 4.90 Å². The van der Waals surface area contributed by atoms with E-state index in [0.717, 1.165) is 39.3 Å². The first-order chi connectivity index (χ1) is 18.5. The summed E-state index contributed by atoms with van der Waals surface area (Å²) >= 11 is 1.36. The average molecular weight is 568 g/mol. The minimum atomic E-state index is -3.68. The first kappa shape index (κ1) is 26.6. The standard InChI is InChI=1S/C29H34FN5O2S2/c1-19-11-26-22(15-31-35(26)24-7-5-23(30)6-8-24)12-25(19)27-17-34(39(36,37)28-18-38-20(2)32-28)10-9-33(27)16-21-13-29(3,4)14-21/h5-8,11-12,15,18,21,27H,9-10,13-14,16-17H2,1-4H3/t27-/m0/s1. The number of sulfonamides is 1. The lowest BCUT2D eigenvalue weighted by atomic mass is 9.64. The van der Waals surface area contributed by atoms with Crippen molar-refractivity contribution in [1.82, 2.24) is 24.0 Å². The van der Waals surface area contributed by atoms with E-state index in [-0.39, 0.29) is 16.9 Å². The van der Waals surface area contributed by atoms with Crippen molar-refractivity contribution in [2.24, 2.45) is 11.3 Å². The van der Waals surface area contributed by atoms with Gasteiger partial charge in [-0.25, -0.2) is 22.5 Å². The number of aromatic nitrogens is 3. The summed E-state index contributed by atoms with van der Waals surface area (Å²) < 4.78 is 44.0. The third-order valence-corrected chi connectivity index (χ3v) is 10.9. The van der Waals surface area contributed by atoms with E-state index in [1.807, 2.05) is 17.8 Å². The SMILES string of the molecule is Cc1nc(S(=O)(=O)N2CCN(CC3CC(C)(C)C3)[C@H](c3cc4cnn(-c5ccc(F)cc5)c4cc3C)C2)cs1. The fraction of sp³-hybridized carbons (Fsp3) is 0.448. The Hall–Kier alpha value is -2.66. The molecule has 4 aromatic rings. The predicted molar refractivity (Wildman–Crippen MR) is 152 cm³/mol. The molecular formula is C29H34FN5O2S2. The van der Waals surface area contributed by atoms with Crippen LogP contribution in [0.4, 0.5) is 4.39 Å². The molecule has 2 aromatic heterocycles. The van der Waals surface area contributed by atoms with E-state index in [2.05, 4.69) is 47.9 Å². The van der Waals surface area contributed by atoms with Gasteiger partial charge in [-0.2, -0.15) is 9.40 Å². The third-order valence-electron chi connectivity index (χ3n) is 8.22. The van der Waals surface area contributed by atoms with Gasteiger partial charge < -0.3 is 0 Å². The second-order valence-electron chi connectivity index (χ2n) is 11.8. The zero-order valence-electron chi connectivity index (χ0n) is 22.8. The number of nitrogens with zero attached hydrogens (tertiary/aromatic N) is 5. The number of piperazine rings is 1. The highest BCUT2D eigenvalue weighted by molar-refractivity contribution is 7.89. The zero-order chi connectivity index (χ0) is 27.5. The average Bonchev–Trinajstić information content (AvgIpc) is 3.49. The fourth-order valence-electron chi connectivity index (χ4n) is 6.43. The molecule has 0 spiro atoms. The van der Waals surface area contributed by atoms with Crippen molar-refractivity contribution in [3.63, 3.8) is 0 Å². The molecule has 39 heavy (non-hydrogen) atoms. The minimum Gasteiger partial charge on any atom is -0.293 e. The van der Waals surface area contributed by atoms with Gasteiger partial charge in [-0.15, -0.1) is 11.3 Å². The topological polar surface area (TPSA) is 71.3 Å². The summed E-state index contributed by atoms with van der Waals surface area (Å²) in [7, 11) is -3.68. The highest BCUT2D eigenvalue weighted by Gasteiger charge is 2.41. The van der Waals surface area contributed by atoms with Crippen LogP contribution in [-0.2, 0) is 10.0 Å². The maximum Gasteiger partial charge on any atom is 0.261 e. The smallest absolute Gasteiger partial charge is 0.261 e. The molecule has 2 fully saturated rings. The second kappa shape index (κ2) is 9.76. The summed E-state index contributed by atoms with van der Waals surface area (Å²) in [4.78, 5) is 6.78. The molecule has 1 aliphatic carbocycles. The number of halogens is 1. The van der Waals surface area contributed by atoms with Crippen LogP contribution in [0.25, 0.3) is 16.6 Å². The van der Waals surface area contributed by atoms with Crippen molar-refractivity contribution >= 4 is 32.3 Å². The van der Waals surface area contributed by atoms with Crippen molar-refractivity contribution in [3.8, 4) is 5.69 Å². The Balaban J connectivity index is 1.35. The van der Waals surface area contributed by atoms with E-state index in [9.17, 15) is 12.8 Å². The number of thiazole rings is 1. The van der Waals surface area contributed by atoms with E-state index < -0.39 is 10.0 Å². The Kier molecular flexibility index (Phi) is 6.65. The van der Waals surface area contributed by atoms with Gasteiger partial charge in [0.05, 0.1) is 22.4 Å². The summed E-state index contributed by atoms with van der Waals surface area (Å²) in [6.45, 7) is 11.0. The van der Waals surface area contributed by atoms with Crippen LogP contribution in [0.2, 0.25) is 0 Å². The molecule has 10 heteroatoms. The summed E-state index contributed by atoms with van der Waals surface area (Å²) in [6.07, 6.45) is 4.22. The summed E-state index contributed by atoms with van der Waals surface area (Å²) in [6, 6.07) is 10.5. The molecule has 1 aliphatic heterocycles. The predicted octanol–water partition coefficient (Wildman–Crippen LogP) is 5.72. The van der Waals surface area contributed by atoms with Gasteiger partial charge in [0.1, 0.15) is 5.82 Å². The van der Waals surface area contributed by atoms with Gasteiger partial charge in [-0.05, 0) is 85.5 Å². The largest absolute Gasteiger partial charge is 0.293 e. The molecule has 2 aliphatic rings. The lowest BCUT2D eigenvalue weighted by molar-refractivity contribution is 0.0267. The monoisotopic (exact) mass is 567 g/mol. The highest BCUT2D eigenvalue weighted by Crippen LogP contribution is 2.46. The number of hydrogen-bond acceptors (Lipinski definition) is 6. The Labute approximate surface area is 233 Å². The van der Waals surface area contributed by atoms with Crippen molar-refractivity contribution in [3.05, 3.63) is 69.9 Å². The molecule has 206 valence electrons. The van der Waals surface area contributed by atoms with Crippen molar-refractivity contribution in [1.29, 1.82) is 0 Å². The van der Waals surface area contributed by atoms with Crippen LogP contribution in [0.3, 0.4) is 0 Å². The molecule has 0 unspecified atom stereocenters. The molecule has 3 heterocycles. The third kappa shape index (κ3) is 5.03. The van der Waals surface area contributed by atoms with Gasteiger partial charge in [0.25, 0.3) is 10.0 Å². The van der Waals surface area contributed by atoms with Crippen LogP contribution in [0, 0.1) is 31.0 Å². The molecule has 2 aromatic carbocycles. The number of fused-ring (bicyclic) bond motifs is 1. The second-order valence-corrected chi connectivity index (χ2v) is 14.8. The molecule has 7 nitrogen and oxygen atoms in total. The lowest BCUT2D eigenvalue weighted by Crippen LogP contribution is -2.53. The first-order valence-corrected chi connectivity index (χ1v) is 15.7. The van der Waals surface area contributed by atoms with Crippen molar-refractivity contribution in [2.45, 2.75) is 51.6 Å². The first-order valence-electron chi connectivity index (χ1n) is 13.4. The summed E-state index contributed by atoms with van der Waals surface area (Å²) in [5, 5.41) is 8.10. The molecule has 6 rings (SSSR count).